The molecule has 0 spiro atoms. The van der Waals surface area contributed by atoms with Crippen LogP contribution in [0.4, 0.5) is 0 Å². The predicted molar refractivity (Wildman–Crippen MR) is 117 cm³/mol. The first kappa shape index (κ1) is 27.0. The van der Waals surface area contributed by atoms with Crippen LogP contribution in [0.3, 0.4) is 0 Å². The molecule has 7 nitrogen and oxygen atoms in total. The smallest absolute Gasteiger partial charge is 0.237 e. The summed E-state index contributed by atoms with van der Waals surface area (Å²) in [4.78, 5) is 28.3. The fraction of sp³-hybridized carbons (Fsp3) is 0.850. The Hall–Kier alpha value is -0.960. The Bertz CT molecular complexity index is 494. The maximum atomic E-state index is 12.2. The van der Waals surface area contributed by atoms with E-state index in [1.807, 2.05) is 41.5 Å². The lowest BCUT2D eigenvalue weighted by Gasteiger charge is -2.16. The molecule has 0 heterocycles. The van der Waals surface area contributed by atoms with E-state index in [2.05, 4.69) is 10.3 Å². The lowest BCUT2D eigenvalue weighted by Crippen LogP contribution is -2.44. The molecule has 0 saturated heterocycles. The topological polar surface area (TPSA) is 114 Å². The van der Waals surface area contributed by atoms with Gasteiger partial charge in [0.15, 0.2) is 5.78 Å². The number of aliphatic hydroxyl groups excluding tert-OH is 1. The van der Waals surface area contributed by atoms with Gasteiger partial charge in [0, 0.05) is 23.9 Å². The quantitative estimate of drug-likeness (QED) is 0.276. The van der Waals surface area contributed by atoms with Crippen molar-refractivity contribution in [1.82, 2.24) is 5.32 Å². The highest BCUT2D eigenvalue weighted by molar-refractivity contribution is 7.99. The molecule has 0 rings (SSSR count). The van der Waals surface area contributed by atoms with Gasteiger partial charge in [-0.2, -0.15) is 11.8 Å². The van der Waals surface area contributed by atoms with Crippen molar-refractivity contribution in [3.63, 3.8) is 0 Å². The Morgan fingerprint density at radius 3 is 2.39 bits per heavy atom. The second-order valence-electron chi connectivity index (χ2n) is 7.80. The molecule has 0 radical (unpaired) electrons. The van der Waals surface area contributed by atoms with Gasteiger partial charge in [-0.15, -0.1) is 0 Å². The molecule has 8 heteroatoms. The van der Waals surface area contributed by atoms with Gasteiger partial charge in [-0.25, -0.2) is 0 Å². The van der Waals surface area contributed by atoms with Crippen molar-refractivity contribution in [3.8, 4) is 0 Å². The summed E-state index contributed by atoms with van der Waals surface area (Å²) in [7, 11) is 0. The normalized spacial score (nSPS) is 14.6. The van der Waals surface area contributed by atoms with E-state index in [0.717, 1.165) is 11.5 Å². The number of ether oxygens (including phenoxy) is 1. The van der Waals surface area contributed by atoms with E-state index >= 15 is 0 Å². The predicted octanol–water partition coefficient (Wildman–Crippen LogP) is 1.66. The number of aliphatic hydroxyl groups is 1. The van der Waals surface area contributed by atoms with Crippen LogP contribution < -0.4 is 11.1 Å². The number of ketones is 1. The van der Waals surface area contributed by atoms with Gasteiger partial charge in [-0.05, 0) is 31.9 Å². The molecule has 1 unspecified atom stereocenters. The van der Waals surface area contributed by atoms with Gasteiger partial charge in [0.05, 0.1) is 25.4 Å². The number of carbonyl (C=O) groups is 2. The zero-order chi connectivity index (χ0) is 21.7. The van der Waals surface area contributed by atoms with Crippen LogP contribution in [-0.2, 0) is 14.3 Å². The summed E-state index contributed by atoms with van der Waals surface area (Å²) in [5.41, 5.74) is 6.65. The number of nitrogens with zero attached hydrogens (tertiary/aromatic N) is 1. The summed E-state index contributed by atoms with van der Waals surface area (Å²) in [6, 6.07) is -0.819. The van der Waals surface area contributed by atoms with Crippen LogP contribution in [0.2, 0.25) is 0 Å². The minimum absolute atomic E-state index is 0.0346. The van der Waals surface area contributed by atoms with Crippen LogP contribution in [0.1, 0.15) is 48.0 Å². The molecule has 0 saturated carbocycles. The molecule has 3 atom stereocenters. The second kappa shape index (κ2) is 15.0. The van der Waals surface area contributed by atoms with Gasteiger partial charge in [0.1, 0.15) is 6.04 Å². The molecule has 0 bridgehead atoms. The maximum Gasteiger partial charge on any atom is 0.237 e. The maximum absolute atomic E-state index is 12.2. The molecule has 0 aliphatic carbocycles. The zero-order valence-corrected chi connectivity index (χ0v) is 19.1. The van der Waals surface area contributed by atoms with E-state index in [4.69, 9.17) is 10.5 Å². The first-order valence-corrected chi connectivity index (χ1v) is 11.1. The van der Waals surface area contributed by atoms with E-state index in [-0.39, 0.29) is 36.2 Å². The largest absolute Gasteiger partial charge is 0.390 e. The van der Waals surface area contributed by atoms with Gasteiger partial charge in [0.2, 0.25) is 5.91 Å². The first-order chi connectivity index (χ1) is 13.1. The van der Waals surface area contributed by atoms with Crippen LogP contribution in [0.5, 0.6) is 0 Å². The third-order valence-electron chi connectivity index (χ3n) is 4.03. The van der Waals surface area contributed by atoms with E-state index in [0.29, 0.717) is 25.3 Å². The van der Waals surface area contributed by atoms with Crippen LogP contribution in [0.25, 0.3) is 0 Å². The number of nitrogens with one attached hydrogen (secondary N) is 1. The lowest BCUT2D eigenvalue weighted by molar-refractivity contribution is -0.124. The van der Waals surface area contributed by atoms with Gasteiger partial charge >= 0.3 is 0 Å². The molecule has 4 N–H and O–H groups in total. The number of aliphatic imine (C=N–C) groups is 1. The summed E-state index contributed by atoms with van der Waals surface area (Å²) in [5.74, 6) is 1.30. The number of Topliss-reactive ketones (excluding diaryl/α,β-unsaturated/α-hetero) is 1. The summed E-state index contributed by atoms with van der Waals surface area (Å²) in [6.45, 7) is 12.3. The molecule has 164 valence electrons. The van der Waals surface area contributed by atoms with Crippen molar-refractivity contribution in [2.75, 3.05) is 31.3 Å². The van der Waals surface area contributed by atoms with Crippen molar-refractivity contribution in [3.05, 3.63) is 0 Å². The molecule has 0 fully saturated rings. The van der Waals surface area contributed by atoms with Crippen LogP contribution in [0.15, 0.2) is 4.99 Å². The fourth-order valence-electron chi connectivity index (χ4n) is 2.32. The number of carbonyl (C=O) groups excluding carboxylic acids is 2. The Morgan fingerprint density at radius 1 is 1.21 bits per heavy atom. The summed E-state index contributed by atoms with van der Waals surface area (Å²) in [6.07, 6.45) is 0.0806. The minimum Gasteiger partial charge on any atom is -0.390 e. The summed E-state index contributed by atoms with van der Waals surface area (Å²) in [5, 5.41) is 12.7. The Morgan fingerprint density at radius 2 is 1.86 bits per heavy atom. The van der Waals surface area contributed by atoms with E-state index in [1.165, 1.54) is 0 Å². The highest BCUT2D eigenvalue weighted by Crippen LogP contribution is 2.13. The molecule has 0 aromatic rings. The monoisotopic (exact) mass is 417 g/mol. The highest BCUT2D eigenvalue weighted by Gasteiger charge is 2.20. The van der Waals surface area contributed by atoms with Gasteiger partial charge in [-0.3, -0.25) is 14.6 Å². The average Bonchev–Trinajstić information content (AvgIpc) is 2.61. The van der Waals surface area contributed by atoms with E-state index in [1.54, 1.807) is 11.8 Å². The SMILES string of the molecule is CC(C)=N[C@@H](CCSCC(O)COCCNC(=O)[C@@H](N)C(C)C)C(=O)C(C)C. The van der Waals surface area contributed by atoms with Gasteiger partial charge in [0.25, 0.3) is 0 Å². The lowest BCUT2D eigenvalue weighted by atomic mass is 10.0. The Balaban J connectivity index is 3.95. The summed E-state index contributed by atoms with van der Waals surface area (Å²) >= 11 is 1.58. The second-order valence-corrected chi connectivity index (χ2v) is 8.95. The minimum atomic E-state index is -0.589. The molecular formula is C20H39N3O4S. The number of amides is 1. The molecule has 0 aromatic carbocycles. The highest BCUT2D eigenvalue weighted by atomic mass is 32.2. The van der Waals surface area contributed by atoms with Crippen molar-refractivity contribution < 1.29 is 19.4 Å². The molecular weight excluding hydrogens is 378 g/mol. The van der Waals surface area contributed by atoms with Crippen LogP contribution >= 0.6 is 11.8 Å². The molecule has 0 aromatic heterocycles. The zero-order valence-electron chi connectivity index (χ0n) is 18.2. The van der Waals surface area contributed by atoms with Crippen LogP contribution in [-0.4, -0.2) is 72.0 Å². The fourth-order valence-corrected chi connectivity index (χ4v) is 3.24. The number of hydrogen-bond donors (Lipinski definition) is 3. The molecule has 0 aliphatic rings. The Kier molecular flexibility index (Phi) is 14.4. The van der Waals surface area contributed by atoms with Crippen molar-refractivity contribution in [1.29, 1.82) is 0 Å². The van der Waals surface area contributed by atoms with Gasteiger partial charge < -0.3 is 20.9 Å². The third-order valence-corrected chi connectivity index (χ3v) is 5.18. The van der Waals surface area contributed by atoms with E-state index < -0.39 is 12.1 Å². The number of nitrogens with two attached hydrogens (primary N) is 1. The van der Waals surface area contributed by atoms with Crippen LogP contribution in [0, 0.1) is 11.8 Å². The van der Waals surface area contributed by atoms with Crippen molar-refractivity contribution >= 4 is 29.2 Å². The first-order valence-electron chi connectivity index (χ1n) is 9.97. The number of hydrogen-bond acceptors (Lipinski definition) is 7. The number of thioether (sulfide) groups is 1. The Labute approximate surface area is 174 Å². The van der Waals surface area contributed by atoms with E-state index in [9.17, 15) is 14.7 Å². The molecule has 1 amide bonds. The standard InChI is InChI=1S/C20H39N3O4S/c1-13(2)18(21)20(26)22-8-9-27-11-16(24)12-28-10-7-17(23-15(5)6)19(25)14(3)4/h13-14,16-18,24H,7-12,21H2,1-6H3,(H,22,26)/t16?,17-,18-/m0/s1. The average molecular weight is 418 g/mol. The van der Waals surface area contributed by atoms with Gasteiger partial charge in [-0.1, -0.05) is 27.7 Å². The number of rotatable bonds is 15. The summed E-state index contributed by atoms with van der Waals surface area (Å²) < 4.78 is 5.39. The van der Waals surface area contributed by atoms with Crippen molar-refractivity contribution in [2.45, 2.75) is 66.2 Å². The molecule has 28 heavy (non-hydrogen) atoms. The molecule has 0 aliphatic heterocycles. The third kappa shape index (κ3) is 12.5. The van der Waals surface area contributed by atoms with Crippen molar-refractivity contribution in [2.24, 2.45) is 22.6 Å².